The molecule has 1 N–H and O–H groups in total. The number of carbonyl (C=O) groups excluding carboxylic acids is 2. The summed E-state index contributed by atoms with van der Waals surface area (Å²) >= 11 is 0. The van der Waals surface area contributed by atoms with E-state index in [1.807, 2.05) is 18.2 Å². The highest BCUT2D eigenvalue weighted by atomic mass is 19.1. The second-order valence-corrected chi connectivity index (χ2v) is 8.62. The van der Waals surface area contributed by atoms with E-state index in [1.54, 1.807) is 61.7 Å². The predicted molar refractivity (Wildman–Crippen MR) is 140 cm³/mol. The van der Waals surface area contributed by atoms with Gasteiger partial charge in [-0.2, -0.15) is 0 Å². The predicted octanol–water partition coefficient (Wildman–Crippen LogP) is 5.06. The number of hydrogen-bond acceptors (Lipinski definition) is 5. The molecule has 0 saturated heterocycles. The van der Waals surface area contributed by atoms with Gasteiger partial charge in [0.2, 0.25) is 11.8 Å². The molecule has 7 nitrogen and oxygen atoms in total. The summed E-state index contributed by atoms with van der Waals surface area (Å²) in [4.78, 5) is 29.0. The van der Waals surface area contributed by atoms with E-state index in [1.165, 1.54) is 30.4 Å². The highest BCUT2D eigenvalue weighted by molar-refractivity contribution is 5.89. The first-order valence-electron chi connectivity index (χ1n) is 12.1. The number of hydrogen-bond donors (Lipinski definition) is 1. The van der Waals surface area contributed by atoms with Gasteiger partial charge in [0.25, 0.3) is 0 Å². The van der Waals surface area contributed by atoms with Crippen LogP contribution in [-0.2, 0) is 29.1 Å². The maximum atomic E-state index is 13.9. The Labute approximate surface area is 220 Å². The number of rotatable bonds is 11. The molecule has 0 aliphatic carbocycles. The molecule has 3 aromatic carbocycles. The van der Waals surface area contributed by atoms with Crippen LogP contribution >= 0.6 is 0 Å². The Bertz CT molecular complexity index is 1340. The van der Waals surface area contributed by atoms with Gasteiger partial charge in [0.15, 0.2) is 11.5 Å². The zero-order chi connectivity index (χ0) is 26.9. The van der Waals surface area contributed by atoms with Gasteiger partial charge in [0.05, 0.1) is 33.4 Å². The average Bonchev–Trinajstić information content (AvgIpc) is 3.47. The van der Waals surface area contributed by atoms with Gasteiger partial charge in [-0.3, -0.25) is 9.59 Å². The van der Waals surface area contributed by atoms with Crippen LogP contribution in [0.5, 0.6) is 11.5 Å². The largest absolute Gasteiger partial charge is 0.493 e. The van der Waals surface area contributed by atoms with E-state index in [9.17, 15) is 14.0 Å². The highest BCUT2D eigenvalue weighted by Gasteiger charge is 2.31. The number of benzene rings is 3. The van der Waals surface area contributed by atoms with Crippen LogP contribution in [0.4, 0.5) is 4.39 Å². The summed E-state index contributed by atoms with van der Waals surface area (Å²) in [5, 5.41) is 2.89. The van der Waals surface area contributed by atoms with Crippen molar-refractivity contribution in [3.63, 3.8) is 0 Å². The van der Waals surface area contributed by atoms with Gasteiger partial charge < -0.3 is 24.1 Å². The van der Waals surface area contributed by atoms with Crippen molar-refractivity contribution in [3.8, 4) is 11.5 Å². The smallest absolute Gasteiger partial charge is 0.247 e. The Morgan fingerprint density at radius 3 is 2.26 bits per heavy atom. The topological polar surface area (TPSA) is 81.0 Å². The molecule has 0 aliphatic heterocycles. The molecular weight excluding hydrogens is 487 g/mol. The number of nitrogens with one attached hydrogen (secondary N) is 1. The molecule has 1 heterocycles. The van der Waals surface area contributed by atoms with Crippen molar-refractivity contribution < 1.29 is 27.9 Å². The average molecular weight is 517 g/mol. The molecule has 0 aliphatic rings. The van der Waals surface area contributed by atoms with Crippen molar-refractivity contribution in [2.75, 3.05) is 14.2 Å². The fourth-order valence-electron chi connectivity index (χ4n) is 4.17. The molecule has 0 saturated carbocycles. The van der Waals surface area contributed by atoms with E-state index in [0.717, 1.165) is 0 Å². The Morgan fingerprint density at radius 2 is 1.61 bits per heavy atom. The van der Waals surface area contributed by atoms with Crippen molar-refractivity contribution in [1.29, 1.82) is 0 Å². The summed E-state index contributed by atoms with van der Waals surface area (Å²) in [6, 6.07) is 22.8. The Balaban J connectivity index is 1.68. The Morgan fingerprint density at radius 1 is 0.895 bits per heavy atom. The van der Waals surface area contributed by atoms with Crippen molar-refractivity contribution in [2.45, 2.75) is 25.6 Å². The van der Waals surface area contributed by atoms with Gasteiger partial charge >= 0.3 is 0 Å². The van der Waals surface area contributed by atoms with Gasteiger partial charge in [0.1, 0.15) is 17.6 Å². The molecular formula is C30H29FN2O5. The molecule has 0 radical (unpaired) electrons. The molecule has 8 heteroatoms. The fourth-order valence-corrected chi connectivity index (χ4v) is 4.17. The van der Waals surface area contributed by atoms with Gasteiger partial charge in [0, 0.05) is 6.54 Å². The summed E-state index contributed by atoms with van der Waals surface area (Å²) in [5.74, 6) is 0.601. The van der Waals surface area contributed by atoms with Crippen LogP contribution in [0.1, 0.15) is 28.5 Å². The van der Waals surface area contributed by atoms with Crippen LogP contribution in [0, 0.1) is 5.82 Å². The van der Waals surface area contributed by atoms with Gasteiger partial charge in [-0.1, -0.05) is 48.5 Å². The number of halogens is 1. The normalized spacial score (nSPS) is 11.4. The molecule has 2 amide bonds. The van der Waals surface area contributed by atoms with E-state index in [0.29, 0.717) is 33.9 Å². The second-order valence-electron chi connectivity index (χ2n) is 8.62. The number of furan rings is 1. The fraction of sp³-hybridized carbons (Fsp3) is 0.200. The molecule has 4 aromatic rings. The molecule has 38 heavy (non-hydrogen) atoms. The standard InChI is InChI=1S/C30H29FN2O5/c1-36-26-15-12-22(17-27(26)37-2)18-28(34)33(20-21-10-13-24(31)14-11-21)29(23-7-4-3-5-8-23)30(35)32-19-25-9-6-16-38-25/h3-17,29H,18-20H2,1-2H3,(H,32,35)/t29-/m1/s1. The van der Waals surface area contributed by atoms with Gasteiger partial charge in [-0.05, 0) is 53.1 Å². The zero-order valence-corrected chi connectivity index (χ0v) is 21.2. The maximum absolute atomic E-state index is 13.9. The maximum Gasteiger partial charge on any atom is 0.247 e. The molecule has 0 bridgehead atoms. The van der Waals surface area contributed by atoms with Crippen molar-refractivity contribution >= 4 is 11.8 Å². The first-order valence-corrected chi connectivity index (χ1v) is 12.1. The first kappa shape index (κ1) is 26.5. The molecule has 0 fully saturated rings. The Kier molecular flexibility index (Phi) is 8.77. The summed E-state index contributed by atoms with van der Waals surface area (Å²) in [7, 11) is 3.07. The van der Waals surface area contributed by atoms with Crippen LogP contribution in [0.15, 0.2) is 95.6 Å². The van der Waals surface area contributed by atoms with E-state index >= 15 is 0 Å². The van der Waals surface area contributed by atoms with E-state index in [4.69, 9.17) is 13.9 Å². The number of methoxy groups -OCH3 is 2. The third-order valence-corrected chi connectivity index (χ3v) is 6.08. The Hall–Kier alpha value is -4.59. The summed E-state index contributed by atoms with van der Waals surface area (Å²) in [5.41, 5.74) is 2.03. The van der Waals surface area contributed by atoms with E-state index < -0.39 is 6.04 Å². The zero-order valence-electron chi connectivity index (χ0n) is 21.2. The molecule has 4 rings (SSSR count). The molecule has 196 valence electrons. The second kappa shape index (κ2) is 12.6. The quantitative estimate of drug-likeness (QED) is 0.301. The van der Waals surface area contributed by atoms with E-state index in [2.05, 4.69) is 5.32 Å². The molecule has 1 aromatic heterocycles. The minimum absolute atomic E-state index is 0.0103. The van der Waals surface area contributed by atoms with Crippen LogP contribution < -0.4 is 14.8 Å². The first-order chi connectivity index (χ1) is 18.5. The lowest BCUT2D eigenvalue weighted by atomic mass is 10.0. The van der Waals surface area contributed by atoms with Crippen molar-refractivity contribution in [2.24, 2.45) is 0 Å². The molecule has 0 unspecified atom stereocenters. The number of carbonyl (C=O) groups is 2. The number of amides is 2. The van der Waals surface area contributed by atoms with E-state index in [-0.39, 0.29) is 37.1 Å². The lowest BCUT2D eigenvalue weighted by Crippen LogP contribution is -2.43. The minimum atomic E-state index is -0.941. The van der Waals surface area contributed by atoms with Crippen LogP contribution in [-0.4, -0.2) is 30.9 Å². The monoisotopic (exact) mass is 516 g/mol. The third kappa shape index (κ3) is 6.59. The molecule has 0 spiro atoms. The van der Waals surface area contributed by atoms with Crippen molar-refractivity contribution in [3.05, 3.63) is 119 Å². The number of ether oxygens (including phenoxy) is 2. The van der Waals surface area contributed by atoms with Crippen LogP contribution in [0.3, 0.4) is 0 Å². The highest BCUT2D eigenvalue weighted by Crippen LogP contribution is 2.29. The minimum Gasteiger partial charge on any atom is -0.493 e. The SMILES string of the molecule is COc1ccc(CC(=O)N(Cc2ccc(F)cc2)[C@@H](C(=O)NCc2ccco2)c2ccccc2)cc1OC. The lowest BCUT2D eigenvalue weighted by molar-refractivity contribution is -0.141. The molecule has 1 atom stereocenters. The van der Waals surface area contributed by atoms with Crippen molar-refractivity contribution in [1.82, 2.24) is 10.2 Å². The summed E-state index contributed by atoms with van der Waals surface area (Å²) in [6.45, 7) is 0.267. The van der Waals surface area contributed by atoms with Gasteiger partial charge in [-0.25, -0.2) is 4.39 Å². The van der Waals surface area contributed by atoms with Crippen LogP contribution in [0.25, 0.3) is 0 Å². The lowest BCUT2D eigenvalue weighted by Gasteiger charge is -2.32. The summed E-state index contributed by atoms with van der Waals surface area (Å²) < 4.78 is 29.7. The summed E-state index contributed by atoms with van der Waals surface area (Å²) in [6.07, 6.45) is 1.54. The van der Waals surface area contributed by atoms with Crippen LogP contribution in [0.2, 0.25) is 0 Å². The third-order valence-electron chi connectivity index (χ3n) is 6.08. The number of nitrogens with zero attached hydrogens (tertiary/aromatic N) is 1. The van der Waals surface area contributed by atoms with Gasteiger partial charge in [-0.15, -0.1) is 0 Å².